The average molecular weight is 726 g/mol. The van der Waals surface area contributed by atoms with Crippen LogP contribution in [0.3, 0.4) is 0 Å². The summed E-state index contributed by atoms with van der Waals surface area (Å²) in [6, 6.07) is 77.5. The Bertz CT molecular complexity index is 3460. The molecule has 0 spiro atoms. The molecule has 0 atom stereocenters. The summed E-state index contributed by atoms with van der Waals surface area (Å²) in [6.07, 6.45) is 0. The normalized spacial score (nSPS) is 11.9. The molecule has 0 bridgehead atoms. The number of hydrogen-bond acceptors (Lipinski definition) is 0. The van der Waals surface area contributed by atoms with Crippen molar-refractivity contribution in [2.75, 3.05) is 0 Å². The van der Waals surface area contributed by atoms with E-state index in [0.29, 0.717) is 0 Å². The summed E-state index contributed by atoms with van der Waals surface area (Å²) in [5.74, 6) is 0. The second-order valence-electron chi connectivity index (χ2n) is 14.9. The van der Waals surface area contributed by atoms with Crippen LogP contribution in [0.2, 0.25) is 0 Å². The summed E-state index contributed by atoms with van der Waals surface area (Å²) in [4.78, 5) is 0. The Morgan fingerprint density at radius 2 is 0.684 bits per heavy atom. The molecule has 266 valence electrons. The monoisotopic (exact) mass is 725 g/mol. The molecule has 0 amide bonds. The van der Waals surface area contributed by atoms with Crippen LogP contribution in [0.5, 0.6) is 0 Å². The summed E-state index contributed by atoms with van der Waals surface area (Å²) in [5.41, 5.74) is 15.3. The van der Waals surface area contributed by atoms with Gasteiger partial charge in [-0.05, 0) is 60.2 Å². The first-order valence-corrected chi connectivity index (χ1v) is 19.6. The molecule has 0 aliphatic heterocycles. The topological polar surface area (TPSA) is 14.8 Å². The van der Waals surface area contributed by atoms with Gasteiger partial charge in [-0.3, -0.25) is 0 Å². The van der Waals surface area contributed by atoms with E-state index in [1.54, 1.807) is 0 Å². The van der Waals surface area contributed by atoms with E-state index in [2.05, 4.69) is 226 Å². The van der Waals surface area contributed by atoms with Gasteiger partial charge in [0.15, 0.2) is 0 Å². The van der Waals surface area contributed by atoms with Gasteiger partial charge in [-0.25, -0.2) is 0 Å². The first-order valence-electron chi connectivity index (χ1n) is 19.6. The minimum atomic E-state index is 1.14. The molecule has 0 fully saturated rings. The van der Waals surface area contributed by atoms with Crippen molar-refractivity contribution in [2.24, 2.45) is 0 Å². The maximum absolute atomic E-state index is 2.50. The lowest BCUT2D eigenvalue weighted by Gasteiger charge is -2.21. The van der Waals surface area contributed by atoms with E-state index in [0.717, 1.165) is 11.4 Å². The zero-order valence-corrected chi connectivity index (χ0v) is 31.0. The largest absolute Gasteiger partial charge is 0.309 e. The molecule has 9 aromatic carbocycles. The quantitative estimate of drug-likeness (QED) is 0.168. The van der Waals surface area contributed by atoms with Crippen LogP contribution in [0.1, 0.15) is 0 Å². The van der Waals surface area contributed by atoms with Gasteiger partial charge in [0.1, 0.15) is 0 Å². The maximum atomic E-state index is 2.50. The van der Waals surface area contributed by atoms with Gasteiger partial charge >= 0.3 is 0 Å². The molecule has 0 saturated carbocycles. The van der Waals surface area contributed by atoms with Gasteiger partial charge in [0, 0.05) is 54.7 Å². The van der Waals surface area contributed by atoms with Crippen LogP contribution in [-0.4, -0.2) is 13.7 Å². The standard InChI is InChI=1S/C54H35N3/c1-3-18-36(19-4-1)38-27-17-28-44(54(38)57-50-32-15-7-22-39(50)40-23-8-16-33-51(40)57)41-24-9-13-30-48(41)56-49-31-14-11-26-43(49)46-34-45-42-25-10-12-29-47(42)55(52(45)35-53(46)56)37-20-5-2-6-21-37/h1-35H. The Hall–Kier alpha value is -7.62. The number of para-hydroxylation sites is 7. The van der Waals surface area contributed by atoms with Crippen molar-refractivity contribution in [2.45, 2.75) is 0 Å². The first kappa shape index (κ1) is 31.7. The fraction of sp³-hybridized carbons (Fsp3) is 0. The molecule has 0 N–H and O–H groups in total. The van der Waals surface area contributed by atoms with E-state index < -0.39 is 0 Å². The van der Waals surface area contributed by atoms with E-state index in [1.807, 2.05) is 0 Å². The Kier molecular flexibility index (Phi) is 6.93. The van der Waals surface area contributed by atoms with Crippen LogP contribution in [0, 0.1) is 0 Å². The number of fused-ring (bicyclic) bond motifs is 9. The van der Waals surface area contributed by atoms with Gasteiger partial charge in [0.05, 0.1) is 44.5 Å². The molecular formula is C54H35N3. The minimum absolute atomic E-state index is 1.14. The third kappa shape index (κ3) is 4.66. The summed E-state index contributed by atoms with van der Waals surface area (Å²) in [6.45, 7) is 0. The van der Waals surface area contributed by atoms with Crippen molar-refractivity contribution in [3.63, 3.8) is 0 Å². The number of nitrogens with zero attached hydrogens (tertiary/aromatic N) is 3. The maximum Gasteiger partial charge on any atom is 0.0619 e. The molecule has 0 unspecified atom stereocenters. The highest BCUT2D eigenvalue weighted by Gasteiger charge is 2.24. The molecule has 3 nitrogen and oxygen atoms in total. The van der Waals surface area contributed by atoms with Crippen LogP contribution in [0.25, 0.3) is 105 Å². The van der Waals surface area contributed by atoms with Crippen LogP contribution >= 0.6 is 0 Å². The first-order chi connectivity index (χ1) is 28.3. The molecule has 3 aromatic heterocycles. The molecule has 3 heterocycles. The molecule has 3 heteroatoms. The third-order valence-electron chi connectivity index (χ3n) is 11.8. The zero-order valence-electron chi connectivity index (χ0n) is 31.0. The lowest BCUT2D eigenvalue weighted by Crippen LogP contribution is -2.03. The van der Waals surface area contributed by atoms with Crippen molar-refractivity contribution < 1.29 is 0 Å². The van der Waals surface area contributed by atoms with E-state index in [9.17, 15) is 0 Å². The van der Waals surface area contributed by atoms with Gasteiger partial charge in [-0.15, -0.1) is 0 Å². The Morgan fingerprint density at radius 1 is 0.246 bits per heavy atom. The second kappa shape index (κ2) is 12.5. The van der Waals surface area contributed by atoms with Crippen LogP contribution < -0.4 is 0 Å². The predicted molar refractivity (Wildman–Crippen MR) is 240 cm³/mol. The van der Waals surface area contributed by atoms with Gasteiger partial charge in [0.2, 0.25) is 0 Å². The number of benzene rings is 9. The van der Waals surface area contributed by atoms with Crippen molar-refractivity contribution >= 4 is 65.4 Å². The smallest absolute Gasteiger partial charge is 0.0619 e. The van der Waals surface area contributed by atoms with Gasteiger partial charge in [-0.2, -0.15) is 0 Å². The summed E-state index contributed by atoms with van der Waals surface area (Å²) in [5, 5.41) is 7.48. The number of hydrogen-bond donors (Lipinski definition) is 0. The molecule has 0 aliphatic carbocycles. The molecule has 0 saturated heterocycles. The Labute approximate surface area is 329 Å². The molecule has 57 heavy (non-hydrogen) atoms. The van der Waals surface area contributed by atoms with E-state index in [1.165, 1.54) is 93.4 Å². The van der Waals surface area contributed by atoms with Gasteiger partial charge in [0.25, 0.3) is 0 Å². The Balaban J connectivity index is 1.21. The fourth-order valence-corrected chi connectivity index (χ4v) is 9.46. The zero-order chi connectivity index (χ0) is 37.5. The van der Waals surface area contributed by atoms with Gasteiger partial charge < -0.3 is 13.7 Å². The highest BCUT2D eigenvalue weighted by atomic mass is 15.0. The van der Waals surface area contributed by atoms with Crippen LogP contribution in [0.4, 0.5) is 0 Å². The van der Waals surface area contributed by atoms with Crippen LogP contribution in [0.15, 0.2) is 212 Å². The highest BCUT2D eigenvalue weighted by molar-refractivity contribution is 6.19. The molecule has 0 radical (unpaired) electrons. The lowest BCUT2D eigenvalue weighted by atomic mass is 9.94. The average Bonchev–Trinajstić information content (AvgIpc) is 3.91. The van der Waals surface area contributed by atoms with Crippen molar-refractivity contribution in [1.82, 2.24) is 13.7 Å². The Morgan fingerprint density at radius 3 is 1.32 bits per heavy atom. The van der Waals surface area contributed by atoms with E-state index in [4.69, 9.17) is 0 Å². The predicted octanol–water partition coefficient (Wildman–Crippen LogP) is 14.3. The molecule has 12 rings (SSSR count). The van der Waals surface area contributed by atoms with Crippen LogP contribution in [-0.2, 0) is 0 Å². The van der Waals surface area contributed by atoms with E-state index in [-0.39, 0.29) is 0 Å². The SMILES string of the molecule is c1ccc(-c2cccc(-c3ccccc3-n3c4ccccc4c4cc5c6ccccc6n(-c6ccccc6)c5cc43)c2-n2c3ccccc3c3ccccc32)cc1. The van der Waals surface area contributed by atoms with Crippen molar-refractivity contribution in [3.8, 4) is 39.3 Å². The van der Waals surface area contributed by atoms with Crippen molar-refractivity contribution in [1.29, 1.82) is 0 Å². The second-order valence-corrected chi connectivity index (χ2v) is 14.9. The molecule has 0 aliphatic rings. The summed E-state index contributed by atoms with van der Waals surface area (Å²) >= 11 is 0. The van der Waals surface area contributed by atoms with E-state index >= 15 is 0 Å². The number of rotatable bonds is 5. The highest BCUT2D eigenvalue weighted by Crippen LogP contribution is 2.45. The third-order valence-corrected chi connectivity index (χ3v) is 11.8. The minimum Gasteiger partial charge on any atom is -0.309 e. The summed E-state index contributed by atoms with van der Waals surface area (Å²) in [7, 11) is 0. The molecular weight excluding hydrogens is 691 g/mol. The summed E-state index contributed by atoms with van der Waals surface area (Å²) < 4.78 is 7.41. The molecule has 12 aromatic rings. The fourth-order valence-electron chi connectivity index (χ4n) is 9.46. The number of aromatic nitrogens is 3. The van der Waals surface area contributed by atoms with Gasteiger partial charge in [-0.1, -0.05) is 158 Å². The van der Waals surface area contributed by atoms with Crippen molar-refractivity contribution in [3.05, 3.63) is 212 Å². The lowest BCUT2D eigenvalue weighted by molar-refractivity contribution is 1.16.